The minimum atomic E-state index is 0.116. The number of azide groups is 1. The molecule has 0 amide bonds. The number of anilines is 1. The van der Waals surface area contributed by atoms with Gasteiger partial charge in [-0.15, -0.1) is 0 Å². The van der Waals surface area contributed by atoms with Crippen molar-refractivity contribution in [2.75, 3.05) is 19.4 Å². The van der Waals surface area contributed by atoms with Crippen LogP contribution >= 0.6 is 0 Å². The summed E-state index contributed by atoms with van der Waals surface area (Å²) < 4.78 is 4.93. The molecular weight excluding hydrogens is 194 g/mol. The van der Waals surface area contributed by atoms with Crippen molar-refractivity contribution in [3.05, 3.63) is 28.3 Å². The van der Waals surface area contributed by atoms with Crippen molar-refractivity contribution < 1.29 is 4.74 Å². The highest BCUT2D eigenvalue weighted by atomic mass is 16.5. The van der Waals surface area contributed by atoms with Gasteiger partial charge in [0.25, 0.3) is 0 Å². The maximum Gasteiger partial charge on any atom is 0.238 e. The Morgan fingerprint density at radius 3 is 3.13 bits per heavy atom. The van der Waals surface area contributed by atoms with E-state index < -0.39 is 0 Å². The van der Waals surface area contributed by atoms with Crippen LogP contribution in [-0.4, -0.2) is 18.6 Å². The first kappa shape index (κ1) is 10.7. The fraction of sp³-hybridized carbons (Fsp3) is 0.222. The summed E-state index contributed by atoms with van der Waals surface area (Å²) in [6.45, 7) is 0.116. The summed E-state index contributed by atoms with van der Waals surface area (Å²) in [6, 6.07) is 3.32. The molecule has 0 atom stereocenters. The van der Waals surface area contributed by atoms with Gasteiger partial charge in [0.15, 0.2) is 0 Å². The van der Waals surface area contributed by atoms with Gasteiger partial charge in [0.1, 0.15) is 5.69 Å². The molecule has 0 aliphatic heterocycles. The van der Waals surface area contributed by atoms with E-state index in [4.69, 9.17) is 16.0 Å². The van der Waals surface area contributed by atoms with E-state index >= 15 is 0 Å². The van der Waals surface area contributed by atoms with Gasteiger partial charge in [0.2, 0.25) is 5.88 Å². The van der Waals surface area contributed by atoms with Crippen molar-refractivity contribution in [3.8, 4) is 17.7 Å². The van der Waals surface area contributed by atoms with Gasteiger partial charge < -0.3 is 10.5 Å². The number of nitrogen functional groups attached to an aromatic ring is 1. The van der Waals surface area contributed by atoms with Crippen LogP contribution in [0.25, 0.3) is 10.4 Å². The highest BCUT2D eigenvalue weighted by Crippen LogP contribution is 2.16. The fourth-order valence-corrected chi connectivity index (χ4v) is 0.881. The van der Waals surface area contributed by atoms with Crippen LogP contribution in [0, 0.1) is 11.8 Å². The normalized spacial score (nSPS) is 8.33. The molecule has 0 spiro atoms. The molecule has 0 saturated carbocycles. The summed E-state index contributed by atoms with van der Waals surface area (Å²) in [4.78, 5) is 6.60. The number of nitrogens with zero attached hydrogens (tertiary/aromatic N) is 4. The Balaban J connectivity index is 2.85. The van der Waals surface area contributed by atoms with Crippen LogP contribution in [0.1, 0.15) is 5.69 Å². The van der Waals surface area contributed by atoms with Crippen molar-refractivity contribution in [2.24, 2.45) is 5.11 Å². The molecule has 1 aromatic rings. The first-order valence-corrected chi connectivity index (χ1v) is 4.08. The number of rotatable bonds is 2. The Bertz CT molecular complexity index is 453. The third-order valence-electron chi connectivity index (χ3n) is 1.51. The molecular formula is C9H9N5O. The molecule has 15 heavy (non-hydrogen) atoms. The lowest BCUT2D eigenvalue weighted by molar-refractivity contribution is 0.400. The topological polar surface area (TPSA) is 96.9 Å². The smallest absolute Gasteiger partial charge is 0.238 e. The monoisotopic (exact) mass is 203 g/mol. The molecule has 0 unspecified atom stereocenters. The molecule has 0 aliphatic rings. The van der Waals surface area contributed by atoms with Gasteiger partial charge in [-0.25, -0.2) is 4.98 Å². The molecule has 1 aromatic heterocycles. The molecule has 2 N–H and O–H groups in total. The zero-order chi connectivity index (χ0) is 11.1. The third kappa shape index (κ3) is 3.10. The van der Waals surface area contributed by atoms with Crippen LogP contribution in [0.15, 0.2) is 17.2 Å². The lowest BCUT2D eigenvalue weighted by atomic mass is 10.3. The van der Waals surface area contributed by atoms with Crippen LogP contribution in [0.5, 0.6) is 5.88 Å². The first-order chi connectivity index (χ1) is 7.27. The second-order valence-electron chi connectivity index (χ2n) is 2.49. The quantitative estimate of drug-likeness (QED) is 0.340. The number of methoxy groups -OCH3 is 1. The Morgan fingerprint density at radius 2 is 2.47 bits per heavy atom. The van der Waals surface area contributed by atoms with E-state index in [0.29, 0.717) is 17.3 Å². The highest BCUT2D eigenvalue weighted by Gasteiger charge is 1.99. The summed E-state index contributed by atoms with van der Waals surface area (Å²) in [6.07, 6.45) is 0. The van der Waals surface area contributed by atoms with E-state index in [1.807, 2.05) is 0 Å². The largest absolute Gasteiger partial charge is 0.479 e. The number of nitrogens with two attached hydrogens (primary N) is 1. The summed E-state index contributed by atoms with van der Waals surface area (Å²) >= 11 is 0. The molecule has 6 nitrogen and oxygen atoms in total. The minimum absolute atomic E-state index is 0.116. The Kier molecular flexibility index (Phi) is 3.83. The lowest BCUT2D eigenvalue weighted by Crippen LogP contribution is -1.96. The van der Waals surface area contributed by atoms with E-state index in [-0.39, 0.29) is 6.54 Å². The SMILES string of the molecule is COc1nc(C#CCN=[N+]=[N-])ccc1N. The van der Waals surface area contributed by atoms with Crippen molar-refractivity contribution in [1.82, 2.24) is 4.98 Å². The zero-order valence-corrected chi connectivity index (χ0v) is 8.14. The second-order valence-corrected chi connectivity index (χ2v) is 2.49. The average molecular weight is 203 g/mol. The predicted octanol–water partition coefficient (Wildman–Crippen LogP) is 1.33. The second kappa shape index (κ2) is 5.37. The van der Waals surface area contributed by atoms with Crippen LogP contribution in [-0.2, 0) is 0 Å². The van der Waals surface area contributed by atoms with Gasteiger partial charge in [-0.05, 0) is 23.6 Å². The Labute approximate surface area is 86.7 Å². The van der Waals surface area contributed by atoms with Crippen molar-refractivity contribution in [3.63, 3.8) is 0 Å². The molecule has 1 rings (SSSR count). The molecule has 0 aliphatic carbocycles. The minimum Gasteiger partial charge on any atom is -0.479 e. The van der Waals surface area contributed by atoms with Gasteiger partial charge in [-0.1, -0.05) is 11.0 Å². The van der Waals surface area contributed by atoms with E-state index in [9.17, 15) is 0 Å². The fourth-order valence-electron chi connectivity index (χ4n) is 0.881. The van der Waals surface area contributed by atoms with E-state index in [2.05, 4.69) is 26.9 Å². The third-order valence-corrected chi connectivity index (χ3v) is 1.51. The maximum absolute atomic E-state index is 8.02. The van der Waals surface area contributed by atoms with E-state index in [1.165, 1.54) is 7.11 Å². The Hall–Kier alpha value is -2.38. The molecule has 76 valence electrons. The number of pyridine rings is 1. The van der Waals surface area contributed by atoms with Gasteiger partial charge in [0.05, 0.1) is 19.3 Å². The van der Waals surface area contributed by atoms with Gasteiger partial charge in [-0.2, -0.15) is 0 Å². The first-order valence-electron chi connectivity index (χ1n) is 4.08. The van der Waals surface area contributed by atoms with Crippen LogP contribution in [0.4, 0.5) is 5.69 Å². The van der Waals surface area contributed by atoms with Gasteiger partial charge in [-0.3, -0.25) is 0 Å². The molecule has 6 heteroatoms. The number of aromatic nitrogens is 1. The summed E-state index contributed by atoms with van der Waals surface area (Å²) in [7, 11) is 1.48. The standard InChI is InChI=1S/C9H9N5O/c1-15-9-8(10)5-4-7(13-9)3-2-6-12-14-11/h4-5H,6,10H2,1H3. The summed E-state index contributed by atoms with van der Waals surface area (Å²) in [5, 5.41) is 3.27. The van der Waals surface area contributed by atoms with Crippen LogP contribution < -0.4 is 10.5 Å². The zero-order valence-electron chi connectivity index (χ0n) is 8.14. The van der Waals surface area contributed by atoms with Crippen LogP contribution in [0.3, 0.4) is 0 Å². The molecule has 0 saturated heterocycles. The van der Waals surface area contributed by atoms with Gasteiger partial charge >= 0.3 is 0 Å². The lowest BCUT2D eigenvalue weighted by Gasteiger charge is -2.01. The molecule has 0 radical (unpaired) electrons. The molecule has 0 aromatic carbocycles. The highest BCUT2D eigenvalue weighted by molar-refractivity contribution is 5.50. The number of hydrogen-bond acceptors (Lipinski definition) is 4. The van der Waals surface area contributed by atoms with E-state index in [0.717, 1.165) is 0 Å². The van der Waals surface area contributed by atoms with Gasteiger partial charge in [0, 0.05) is 4.91 Å². The predicted molar refractivity (Wildman–Crippen MR) is 56.1 cm³/mol. The summed E-state index contributed by atoms with van der Waals surface area (Å²) in [5.74, 6) is 5.70. The molecule has 0 fully saturated rings. The Morgan fingerprint density at radius 1 is 1.67 bits per heavy atom. The number of ether oxygens (including phenoxy) is 1. The summed E-state index contributed by atoms with van der Waals surface area (Å²) in [5.41, 5.74) is 14.6. The maximum atomic E-state index is 8.02. The van der Waals surface area contributed by atoms with Crippen LogP contribution in [0.2, 0.25) is 0 Å². The average Bonchev–Trinajstić information content (AvgIpc) is 2.26. The van der Waals surface area contributed by atoms with Crippen molar-refractivity contribution >= 4 is 5.69 Å². The molecule has 0 bridgehead atoms. The molecule has 1 heterocycles. The van der Waals surface area contributed by atoms with Crippen molar-refractivity contribution in [1.29, 1.82) is 0 Å². The van der Waals surface area contributed by atoms with Crippen molar-refractivity contribution in [2.45, 2.75) is 0 Å². The van der Waals surface area contributed by atoms with E-state index in [1.54, 1.807) is 12.1 Å². The number of hydrogen-bond donors (Lipinski definition) is 1.